The van der Waals surface area contributed by atoms with Crippen LogP contribution in [0.4, 0.5) is 0 Å². The van der Waals surface area contributed by atoms with E-state index >= 15 is 0 Å². The molecule has 5 heteroatoms. The molecule has 1 aromatic carbocycles. The van der Waals surface area contributed by atoms with Crippen LogP contribution in [-0.4, -0.2) is 27.9 Å². The number of halogens is 1. The largest absolute Gasteiger partial charge is 0.394 e. The Labute approximate surface area is 141 Å². The number of hydrogen-bond donors (Lipinski definition) is 2. The first-order chi connectivity index (χ1) is 10.4. The first kappa shape index (κ1) is 17.6. The molecule has 22 heavy (non-hydrogen) atoms. The van der Waals surface area contributed by atoms with E-state index < -0.39 is 10.3 Å². The number of aliphatic hydroxyl groups is 1. The Bertz CT molecular complexity index is 527. The molecular weight excluding hydrogens is 318 g/mol. The lowest BCUT2D eigenvalue weighted by atomic mass is 9.97. The molecule has 2 N–H and O–H groups in total. The van der Waals surface area contributed by atoms with Crippen LogP contribution in [0.1, 0.15) is 45.1 Å². The molecule has 0 atom stereocenters. The summed E-state index contributed by atoms with van der Waals surface area (Å²) in [5.74, 6) is 0.673. The van der Waals surface area contributed by atoms with Gasteiger partial charge in [0.05, 0.1) is 16.9 Å². The Morgan fingerprint density at radius 2 is 2.00 bits per heavy atom. The zero-order chi connectivity index (χ0) is 16.2. The van der Waals surface area contributed by atoms with Gasteiger partial charge in [0.1, 0.15) is 0 Å². The highest BCUT2D eigenvalue weighted by Gasteiger charge is 2.39. The van der Waals surface area contributed by atoms with Gasteiger partial charge < -0.3 is 10.4 Å². The number of nitrogens with one attached hydrogen (secondary N) is 1. The van der Waals surface area contributed by atoms with Crippen molar-refractivity contribution in [1.29, 1.82) is 0 Å². The van der Waals surface area contributed by atoms with Crippen molar-refractivity contribution in [2.24, 2.45) is 0 Å². The molecule has 2 rings (SSSR count). The van der Waals surface area contributed by atoms with Crippen LogP contribution in [-0.2, 0) is 10.5 Å². The first-order valence-corrected chi connectivity index (χ1v) is 9.06. The van der Waals surface area contributed by atoms with E-state index in [2.05, 4.69) is 5.32 Å². The van der Waals surface area contributed by atoms with Crippen molar-refractivity contribution in [3.63, 3.8) is 0 Å². The fourth-order valence-electron chi connectivity index (χ4n) is 2.70. The van der Waals surface area contributed by atoms with Crippen LogP contribution >= 0.6 is 23.4 Å². The molecule has 0 saturated heterocycles. The normalized spacial score (nSPS) is 17.5. The zero-order valence-corrected chi connectivity index (χ0v) is 14.8. The molecule has 3 nitrogen and oxygen atoms in total. The summed E-state index contributed by atoms with van der Waals surface area (Å²) in [5, 5.41) is 13.5. The maximum atomic E-state index is 12.6. The average molecular weight is 342 g/mol. The minimum atomic E-state index is -0.566. The van der Waals surface area contributed by atoms with E-state index in [1.54, 1.807) is 11.8 Å². The Balaban J connectivity index is 1.97. The van der Waals surface area contributed by atoms with Gasteiger partial charge in [-0.1, -0.05) is 42.6 Å². The molecule has 1 amide bonds. The summed E-state index contributed by atoms with van der Waals surface area (Å²) in [4.78, 5) is 12.6. The quantitative estimate of drug-likeness (QED) is 0.828. The average Bonchev–Trinajstić information content (AvgIpc) is 2.95. The maximum absolute atomic E-state index is 12.6. The summed E-state index contributed by atoms with van der Waals surface area (Å²) in [7, 11) is 0. The number of carbonyl (C=O) groups is 1. The second-order valence-electron chi connectivity index (χ2n) is 6.49. The van der Waals surface area contributed by atoms with E-state index in [0.717, 1.165) is 36.3 Å². The second kappa shape index (κ2) is 7.24. The van der Waals surface area contributed by atoms with Crippen molar-refractivity contribution in [3.05, 3.63) is 34.9 Å². The van der Waals surface area contributed by atoms with Crippen molar-refractivity contribution in [2.45, 2.75) is 55.6 Å². The number of hydrogen-bond acceptors (Lipinski definition) is 3. The zero-order valence-electron chi connectivity index (χ0n) is 13.2. The summed E-state index contributed by atoms with van der Waals surface area (Å²) >= 11 is 7.74. The minimum absolute atomic E-state index is 0.0134. The molecule has 0 bridgehead atoms. The van der Waals surface area contributed by atoms with Crippen molar-refractivity contribution in [1.82, 2.24) is 5.32 Å². The predicted molar refractivity (Wildman–Crippen MR) is 93.3 cm³/mol. The number of benzene rings is 1. The number of aliphatic hydroxyl groups excluding tert-OH is 1. The Kier molecular flexibility index (Phi) is 5.81. The molecule has 0 radical (unpaired) electrons. The van der Waals surface area contributed by atoms with Gasteiger partial charge in [-0.05, 0) is 38.3 Å². The fourth-order valence-corrected chi connectivity index (χ4v) is 3.94. The molecule has 1 saturated carbocycles. The SMILES string of the molecule is CC(C)(SCc1ccccc1Cl)C(=O)NC1(CO)CCCC1. The number of rotatable bonds is 6. The standard InChI is InChI=1S/C17H24ClNO2S/c1-16(2,22-11-13-7-3-4-8-14(13)18)15(21)19-17(12-20)9-5-6-10-17/h3-4,7-8,20H,5-6,9-12H2,1-2H3,(H,19,21). The molecule has 1 fully saturated rings. The summed E-state index contributed by atoms with van der Waals surface area (Å²) in [6.07, 6.45) is 3.85. The third-order valence-corrected chi connectivity index (χ3v) is 6.07. The lowest BCUT2D eigenvalue weighted by molar-refractivity contribution is -0.125. The van der Waals surface area contributed by atoms with Crippen LogP contribution in [0.2, 0.25) is 5.02 Å². The van der Waals surface area contributed by atoms with Gasteiger partial charge in [0.25, 0.3) is 0 Å². The third kappa shape index (κ3) is 4.18. The summed E-state index contributed by atoms with van der Waals surface area (Å²) < 4.78 is -0.566. The summed E-state index contributed by atoms with van der Waals surface area (Å²) in [6, 6.07) is 7.70. The van der Waals surface area contributed by atoms with Crippen molar-refractivity contribution < 1.29 is 9.90 Å². The van der Waals surface area contributed by atoms with Crippen LogP contribution in [0.25, 0.3) is 0 Å². The molecular formula is C17H24ClNO2S. The molecule has 0 aliphatic heterocycles. The molecule has 1 aliphatic carbocycles. The Morgan fingerprint density at radius 1 is 1.36 bits per heavy atom. The Hall–Kier alpha value is -0.710. The topological polar surface area (TPSA) is 49.3 Å². The van der Waals surface area contributed by atoms with Crippen LogP contribution in [0, 0.1) is 0 Å². The van der Waals surface area contributed by atoms with E-state index in [0.29, 0.717) is 5.75 Å². The van der Waals surface area contributed by atoms with Gasteiger partial charge in [0, 0.05) is 10.8 Å². The monoisotopic (exact) mass is 341 g/mol. The summed E-state index contributed by atoms with van der Waals surface area (Å²) in [6.45, 7) is 3.86. The minimum Gasteiger partial charge on any atom is -0.394 e. The highest BCUT2D eigenvalue weighted by molar-refractivity contribution is 8.00. The van der Waals surface area contributed by atoms with Crippen molar-refractivity contribution >= 4 is 29.3 Å². The molecule has 0 heterocycles. The second-order valence-corrected chi connectivity index (χ2v) is 8.50. The van der Waals surface area contributed by atoms with E-state index in [4.69, 9.17) is 11.6 Å². The smallest absolute Gasteiger partial charge is 0.236 e. The van der Waals surface area contributed by atoms with Gasteiger partial charge >= 0.3 is 0 Å². The van der Waals surface area contributed by atoms with E-state index in [9.17, 15) is 9.90 Å². The fraction of sp³-hybridized carbons (Fsp3) is 0.588. The van der Waals surface area contributed by atoms with Crippen molar-refractivity contribution in [3.8, 4) is 0 Å². The van der Waals surface area contributed by atoms with Gasteiger partial charge in [-0.2, -0.15) is 0 Å². The number of thioether (sulfide) groups is 1. The molecule has 1 aliphatic rings. The molecule has 0 spiro atoms. The van der Waals surface area contributed by atoms with E-state index in [1.165, 1.54) is 0 Å². The van der Waals surface area contributed by atoms with Gasteiger partial charge in [0.2, 0.25) is 5.91 Å². The van der Waals surface area contributed by atoms with Gasteiger partial charge in [-0.25, -0.2) is 0 Å². The lowest BCUT2D eigenvalue weighted by Crippen LogP contribution is -2.54. The molecule has 0 unspecified atom stereocenters. The third-order valence-electron chi connectivity index (χ3n) is 4.34. The molecule has 1 aromatic rings. The first-order valence-electron chi connectivity index (χ1n) is 7.69. The van der Waals surface area contributed by atoms with E-state index in [-0.39, 0.29) is 12.5 Å². The number of amides is 1. The van der Waals surface area contributed by atoms with Gasteiger partial charge in [-0.3, -0.25) is 4.79 Å². The Morgan fingerprint density at radius 3 is 2.59 bits per heavy atom. The van der Waals surface area contributed by atoms with Gasteiger partial charge in [-0.15, -0.1) is 11.8 Å². The predicted octanol–water partition coefficient (Wildman–Crippen LogP) is 3.77. The highest BCUT2D eigenvalue weighted by Crippen LogP contribution is 2.34. The van der Waals surface area contributed by atoms with Crippen molar-refractivity contribution in [2.75, 3.05) is 6.61 Å². The van der Waals surface area contributed by atoms with E-state index in [1.807, 2.05) is 38.1 Å². The highest BCUT2D eigenvalue weighted by atomic mass is 35.5. The van der Waals surface area contributed by atoms with Crippen LogP contribution < -0.4 is 5.32 Å². The summed E-state index contributed by atoms with van der Waals surface area (Å²) in [5.41, 5.74) is 0.618. The van der Waals surface area contributed by atoms with Crippen LogP contribution in [0.15, 0.2) is 24.3 Å². The molecule has 122 valence electrons. The van der Waals surface area contributed by atoms with Crippen LogP contribution in [0.5, 0.6) is 0 Å². The van der Waals surface area contributed by atoms with Gasteiger partial charge in [0.15, 0.2) is 0 Å². The molecule has 0 aromatic heterocycles. The van der Waals surface area contributed by atoms with Crippen LogP contribution in [0.3, 0.4) is 0 Å². The maximum Gasteiger partial charge on any atom is 0.236 e. The number of carbonyl (C=O) groups excluding carboxylic acids is 1. The lowest BCUT2D eigenvalue weighted by Gasteiger charge is -2.33.